The quantitative estimate of drug-likeness (QED) is 0.786. The van der Waals surface area contributed by atoms with Gasteiger partial charge in [0.2, 0.25) is 0 Å². The number of aromatic amines is 1. The first-order valence-corrected chi connectivity index (χ1v) is 6.88. The van der Waals surface area contributed by atoms with Crippen LogP contribution in [0, 0.1) is 6.92 Å². The number of nitrogen functional groups attached to an aromatic ring is 1. The number of anilines is 1. The zero-order valence-electron chi connectivity index (χ0n) is 12.0. The second-order valence-corrected chi connectivity index (χ2v) is 4.76. The Morgan fingerprint density at radius 2 is 2.00 bits per heavy atom. The van der Waals surface area contributed by atoms with E-state index in [9.17, 15) is 0 Å². The first kappa shape index (κ1) is 13.7. The highest BCUT2D eigenvalue weighted by molar-refractivity contribution is 5.90. The molecule has 0 bridgehead atoms. The van der Waals surface area contributed by atoms with Crippen molar-refractivity contribution in [2.45, 2.75) is 20.8 Å². The Morgan fingerprint density at radius 3 is 2.68 bits per heavy atom. The molecule has 0 saturated heterocycles. The predicted molar refractivity (Wildman–Crippen MR) is 80.7 cm³/mol. The van der Waals surface area contributed by atoms with Crippen LogP contribution in [0.1, 0.15) is 19.5 Å². The van der Waals surface area contributed by atoms with Crippen molar-refractivity contribution in [3.63, 3.8) is 0 Å². The van der Waals surface area contributed by atoms with Gasteiger partial charge in [0.05, 0.1) is 5.69 Å². The van der Waals surface area contributed by atoms with E-state index >= 15 is 0 Å². The van der Waals surface area contributed by atoms with Crippen molar-refractivity contribution < 1.29 is 4.74 Å². The van der Waals surface area contributed by atoms with Gasteiger partial charge in [-0.15, -0.1) is 0 Å². The van der Waals surface area contributed by atoms with Crippen molar-refractivity contribution >= 4 is 16.6 Å². The molecule has 0 fully saturated rings. The molecule has 0 saturated carbocycles. The van der Waals surface area contributed by atoms with Crippen LogP contribution in [0.4, 0.5) is 5.69 Å². The second kappa shape index (κ2) is 5.97. The smallest absolute Gasteiger partial charge is 0.147 e. The van der Waals surface area contributed by atoms with Gasteiger partial charge in [0.1, 0.15) is 12.4 Å². The third-order valence-corrected chi connectivity index (χ3v) is 3.50. The average Bonchev–Trinajstić information content (AvgIpc) is 2.71. The Hall–Kier alpha value is -1.68. The number of likely N-dealkylation sites (N-methyl/N-ethyl adjacent to an activating group) is 1. The Morgan fingerprint density at radius 1 is 1.26 bits per heavy atom. The van der Waals surface area contributed by atoms with Crippen molar-refractivity contribution in [1.29, 1.82) is 0 Å². The van der Waals surface area contributed by atoms with E-state index in [1.165, 1.54) is 0 Å². The number of H-pyrrole nitrogens is 1. The molecule has 2 aromatic rings. The Bertz CT molecular complexity index is 544. The molecule has 3 N–H and O–H groups in total. The second-order valence-electron chi connectivity index (χ2n) is 4.76. The van der Waals surface area contributed by atoms with Gasteiger partial charge in [0, 0.05) is 23.1 Å². The number of hydrogen-bond donors (Lipinski definition) is 2. The number of aryl methyl sites for hydroxylation is 1. The molecule has 0 spiro atoms. The van der Waals surface area contributed by atoms with Gasteiger partial charge in [-0.25, -0.2) is 0 Å². The Kier molecular flexibility index (Phi) is 4.32. The Balaban J connectivity index is 2.11. The molecule has 0 amide bonds. The summed E-state index contributed by atoms with van der Waals surface area (Å²) >= 11 is 0. The maximum atomic E-state index is 5.95. The molecule has 19 heavy (non-hydrogen) atoms. The summed E-state index contributed by atoms with van der Waals surface area (Å²) in [5.41, 5.74) is 8.74. The third kappa shape index (κ3) is 3.01. The molecule has 0 aliphatic heterocycles. The molecule has 1 aromatic carbocycles. The lowest BCUT2D eigenvalue weighted by Crippen LogP contribution is -2.27. The molecule has 0 aliphatic carbocycles. The first-order chi connectivity index (χ1) is 9.15. The number of nitrogens with one attached hydrogen (secondary N) is 1. The van der Waals surface area contributed by atoms with Gasteiger partial charge in [-0.2, -0.15) is 0 Å². The van der Waals surface area contributed by atoms with Crippen LogP contribution in [0.25, 0.3) is 10.9 Å². The minimum Gasteiger partial charge on any atom is -0.490 e. The van der Waals surface area contributed by atoms with Crippen molar-refractivity contribution in [3.8, 4) is 5.75 Å². The van der Waals surface area contributed by atoms with Crippen LogP contribution in [0.2, 0.25) is 0 Å². The van der Waals surface area contributed by atoms with E-state index in [-0.39, 0.29) is 0 Å². The van der Waals surface area contributed by atoms with E-state index in [4.69, 9.17) is 10.5 Å². The van der Waals surface area contributed by atoms with E-state index in [0.717, 1.165) is 47.7 Å². The number of nitrogens with zero attached hydrogens (tertiary/aromatic N) is 1. The highest BCUT2D eigenvalue weighted by atomic mass is 16.5. The van der Waals surface area contributed by atoms with Crippen molar-refractivity contribution in [2.75, 3.05) is 32.0 Å². The first-order valence-electron chi connectivity index (χ1n) is 6.88. The molecule has 0 aliphatic rings. The Labute approximate surface area is 114 Å². The predicted octanol–water partition coefficient (Wildman–Crippen LogP) is 2.78. The van der Waals surface area contributed by atoms with Crippen LogP contribution in [0.3, 0.4) is 0 Å². The van der Waals surface area contributed by atoms with Crippen molar-refractivity contribution in [1.82, 2.24) is 9.88 Å². The van der Waals surface area contributed by atoms with Gasteiger partial charge in [-0.1, -0.05) is 13.8 Å². The molecule has 0 radical (unpaired) electrons. The number of benzene rings is 1. The topological polar surface area (TPSA) is 54.3 Å². The molecule has 4 heteroatoms. The summed E-state index contributed by atoms with van der Waals surface area (Å²) in [6.07, 6.45) is 0. The zero-order chi connectivity index (χ0) is 13.8. The fourth-order valence-corrected chi connectivity index (χ4v) is 2.32. The number of rotatable bonds is 6. The lowest BCUT2D eigenvalue weighted by molar-refractivity contribution is 0.223. The molecule has 2 rings (SSSR count). The summed E-state index contributed by atoms with van der Waals surface area (Å²) in [4.78, 5) is 5.67. The number of nitrogens with two attached hydrogens (primary N) is 1. The highest BCUT2D eigenvalue weighted by Gasteiger charge is 2.10. The van der Waals surface area contributed by atoms with Gasteiger partial charge in [0.15, 0.2) is 0 Å². The van der Waals surface area contributed by atoms with Gasteiger partial charge >= 0.3 is 0 Å². The van der Waals surface area contributed by atoms with Gasteiger partial charge in [-0.05, 0) is 38.2 Å². The number of hydrogen-bond acceptors (Lipinski definition) is 3. The lowest BCUT2D eigenvalue weighted by Gasteiger charge is -2.18. The van der Waals surface area contributed by atoms with E-state index in [0.29, 0.717) is 6.61 Å². The van der Waals surface area contributed by atoms with Crippen molar-refractivity contribution in [3.05, 3.63) is 23.9 Å². The summed E-state index contributed by atoms with van der Waals surface area (Å²) in [6.45, 7) is 10.1. The fraction of sp³-hybridized carbons (Fsp3) is 0.467. The molecule has 0 atom stereocenters. The maximum Gasteiger partial charge on any atom is 0.147 e. The van der Waals surface area contributed by atoms with Gasteiger partial charge in [-0.3, -0.25) is 0 Å². The van der Waals surface area contributed by atoms with Crippen LogP contribution in [-0.4, -0.2) is 36.1 Å². The minimum atomic E-state index is 0.699. The van der Waals surface area contributed by atoms with E-state index in [1.54, 1.807) is 0 Å². The summed E-state index contributed by atoms with van der Waals surface area (Å²) in [6, 6.07) is 5.86. The monoisotopic (exact) mass is 261 g/mol. The maximum absolute atomic E-state index is 5.95. The average molecular weight is 261 g/mol. The van der Waals surface area contributed by atoms with E-state index in [2.05, 4.69) is 23.7 Å². The summed E-state index contributed by atoms with van der Waals surface area (Å²) in [5.74, 6) is 0.925. The van der Waals surface area contributed by atoms with Crippen LogP contribution in [0.5, 0.6) is 5.75 Å². The molecular weight excluding hydrogens is 238 g/mol. The number of ether oxygens (including phenoxy) is 1. The van der Waals surface area contributed by atoms with E-state index in [1.807, 2.05) is 25.1 Å². The third-order valence-electron chi connectivity index (χ3n) is 3.50. The SMILES string of the molecule is CCN(CC)CCOc1c(C)[nH]c2ccc(N)cc12. The van der Waals surface area contributed by atoms with Gasteiger partial charge in [0.25, 0.3) is 0 Å². The zero-order valence-corrected chi connectivity index (χ0v) is 12.0. The number of fused-ring (bicyclic) bond motifs is 1. The molecule has 1 heterocycles. The molecule has 104 valence electrons. The normalized spacial score (nSPS) is 11.4. The molecule has 4 nitrogen and oxygen atoms in total. The van der Waals surface area contributed by atoms with Crippen LogP contribution >= 0.6 is 0 Å². The van der Waals surface area contributed by atoms with Crippen molar-refractivity contribution in [2.24, 2.45) is 0 Å². The number of aromatic nitrogens is 1. The van der Waals surface area contributed by atoms with Gasteiger partial charge < -0.3 is 20.4 Å². The van der Waals surface area contributed by atoms with E-state index < -0.39 is 0 Å². The molecular formula is C15H23N3O. The summed E-state index contributed by atoms with van der Waals surface area (Å²) < 4.78 is 5.95. The largest absolute Gasteiger partial charge is 0.490 e. The fourth-order valence-electron chi connectivity index (χ4n) is 2.32. The minimum absolute atomic E-state index is 0.699. The summed E-state index contributed by atoms with van der Waals surface area (Å²) in [5, 5.41) is 1.07. The van der Waals surface area contributed by atoms with Crippen LogP contribution < -0.4 is 10.5 Å². The molecule has 0 unspecified atom stereocenters. The molecule has 1 aromatic heterocycles. The van der Waals surface area contributed by atoms with Crippen LogP contribution in [-0.2, 0) is 0 Å². The highest BCUT2D eigenvalue weighted by Crippen LogP contribution is 2.30. The summed E-state index contributed by atoms with van der Waals surface area (Å²) in [7, 11) is 0. The standard InChI is InChI=1S/C15H23N3O/c1-4-18(5-2)8-9-19-15-11(3)17-14-7-6-12(16)10-13(14)15/h6-7,10,17H,4-5,8-9,16H2,1-3H3. The lowest BCUT2D eigenvalue weighted by atomic mass is 10.2. The van der Waals surface area contributed by atoms with Crippen LogP contribution in [0.15, 0.2) is 18.2 Å².